The fourth-order valence-electron chi connectivity index (χ4n) is 1.03. The van der Waals surface area contributed by atoms with Crippen LogP contribution in [-0.4, -0.2) is 32.3 Å². The maximum absolute atomic E-state index is 4.99. The minimum Gasteiger partial charge on any atom is -0.383 e. The third-order valence-corrected chi connectivity index (χ3v) is 1.83. The Morgan fingerprint density at radius 1 is 1.62 bits per heavy atom. The molecule has 1 heterocycles. The first-order chi connectivity index (χ1) is 6.24. The van der Waals surface area contributed by atoms with Crippen molar-refractivity contribution in [2.75, 3.05) is 32.2 Å². The van der Waals surface area contributed by atoms with Crippen LogP contribution in [-0.2, 0) is 4.74 Å². The molecule has 1 aromatic heterocycles. The molecule has 0 atom stereocenters. The number of methoxy groups -OCH3 is 1. The van der Waals surface area contributed by atoms with E-state index in [0.717, 1.165) is 24.7 Å². The first kappa shape index (κ1) is 9.99. The second-order valence-corrected chi connectivity index (χ2v) is 2.95. The summed E-state index contributed by atoms with van der Waals surface area (Å²) in [5, 5.41) is 0. The Kier molecular flexibility index (Phi) is 3.71. The Morgan fingerprint density at radius 3 is 3.00 bits per heavy atom. The zero-order valence-corrected chi connectivity index (χ0v) is 8.37. The normalized spacial score (nSPS) is 10.1. The van der Waals surface area contributed by atoms with Crippen molar-refractivity contribution in [2.45, 2.75) is 6.92 Å². The molecule has 0 N–H and O–H groups in total. The van der Waals surface area contributed by atoms with Gasteiger partial charge in [-0.2, -0.15) is 0 Å². The molecule has 1 rings (SSSR count). The summed E-state index contributed by atoms with van der Waals surface area (Å²) in [4.78, 5) is 6.40. The van der Waals surface area contributed by atoms with E-state index in [9.17, 15) is 0 Å². The molecule has 0 saturated carbocycles. The number of anilines is 1. The molecule has 1 radical (unpaired) electrons. The molecule has 0 bridgehead atoms. The molecular weight excluding hydrogens is 164 g/mol. The molecule has 13 heavy (non-hydrogen) atoms. The second-order valence-electron chi connectivity index (χ2n) is 2.95. The predicted octanol–water partition coefficient (Wildman–Crippen LogP) is 1.27. The topological polar surface area (TPSA) is 25.4 Å². The second kappa shape index (κ2) is 4.82. The molecule has 0 fully saturated rings. The average molecular weight is 179 g/mol. The number of rotatable bonds is 4. The van der Waals surface area contributed by atoms with E-state index in [4.69, 9.17) is 4.74 Å². The van der Waals surface area contributed by atoms with Crippen LogP contribution in [0.5, 0.6) is 0 Å². The summed E-state index contributed by atoms with van der Waals surface area (Å²) in [7, 11) is 3.70. The summed E-state index contributed by atoms with van der Waals surface area (Å²) in [6.07, 6.45) is 0. The molecule has 0 aliphatic rings. The number of hydrogen-bond acceptors (Lipinski definition) is 3. The highest BCUT2D eigenvalue weighted by atomic mass is 16.5. The van der Waals surface area contributed by atoms with Crippen LogP contribution in [0.4, 0.5) is 5.82 Å². The molecule has 0 unspecified atom stereocenters. The Balaban J connectivity index is 2.60. The maximum Gasteiger partial charge on any atom is 0.128 e. The fourth-order valence-corrected chi connectivity index (χ4v) is 1.03. The molecule has 3 heteroatoms. The number of nitrogens with zero attached hydrogens (tertiary/aromatic N) is 2. The van der Waals surface area contributed by atoms with Crippen molar-refractivity contribution in [2.24, 2.45) is 0 Å². The Bertz CT molecular complexity index is 263. The van der Waals surface area contributed by atoms with Gasteiger partial charge < -0.3 is 9.64 Å². The molecule has 0 aliphatic carbocycles. The standard InChI is InChI=1S/C10H15N2O/c1-9-5-4-6-10(11-9)12(2)7-8-13-3/h4,6H,7-8H2,1-3H3. The molecule has 0 aliphatic heterocycles. The van der Waals surface area contributed by atoms with Gasteiger partial charge >= 0.3 is 0 Å². The Hall–Kier alpha value is -1.09. The summed E-state index contributed by atoms with van der Waals surface area (Å²) in [6, 6.07) is 6.85. The third-order valence-electron chi connectivity index (χ3n) is 1.83. The van der Waals surface area contributed by atoms with E-state index in [1.54, 1.807) is 7.11 Å². The van der Waals surface area contributed by atoms with Gasteiger partial charge in [0, 0.05) is 32.5 Å². The summed E-state index contributed by atoms with van der Waals surface area (Å²) in [5.41, 5.74) is 0.918. The Labute approximate surface area is 79.3 Å². The van der Waals surface area contributed by atoms with Crippen LogP contribution in [0.3, 0.4) is 0 Å². The minimum atomic E-state index is 0.718. The van der Waals surface area contributed by atoms with Gasteiger partial charge in [-0.05, 0) is 19.1 Å². The first-order valence-electron chi connectivity index (χ1n) is 4.29. The van der Waals surface area contributed by atoms with Crippen molar-refractivity contribution in [3.8, 4) is 0 Å². The zero-order chi connectivity index (χ0) is 9.68. The van der Waals surface area contributed by atoms with E-state index in [0.29, 0.717) is 0 Å². The molecule has 0 amide bonds. The highest BCUT2D eigenvalue weighted by Gasteiger charge is 2.00. The lowest BCUT2D eigenvalue weighted by molar-refractivity contribution is 0.206. The molecule has 3 nitrogen and oxygen atoms in total. The van der Waals surface area contributed by atoms with Gasteiger partial charge in [0.25, 0.3) is 0 Å². The van der Waals surface area contributed by atoms with Crippen molar-refractivity contribution in [3.05, 3.63) is 23.9 Å². The van der Waals surface area contributed by atoms with Crippen molar-refractivity contribution in [3.63, 3.8) is 0 Å². The van der Waals surface area contributed by atoms with Gasteiger partial charge in [0.15, 0.2) is 0 Å². The van der Waals surface area contributed by atoms with Crippen LogP contribution in [0, 0.1) is 13.0 Å². The van der Waals surface area contributed by atoms with Gasteiger partial charge in [-0.1, -0.05) is 0 Å². The van der Waals surface area contributed by atoms with Crippen molar-refractivity contribution in [1.82, 2.24) is 4.98 Å². The van der Waals surface area contributed by atoms with Crippen LogP contribution in [0.1, 0.15) is 5.69 Å². The molecule has 0 spiro atoms. The molecule has 0 aromatic carbocycles. The van der Waals surface area contributed by atoms with Gasteiger partial charge in [0.05, 0.1) is 6.61 Å². The number of aromatic nitrogens is 1. The highest BCUT2D eigenvalue weighted by molar-refractivity contribution is 5.37. The van der Waals surface area contributed by atoms with Gasteiger partial charge in [0.2, 0.25) is 0 Å². The molecule has 0 saturated heterocycles. The van der Waals surface area contributed by atoms with Crippen LogP contribution >= 0.6 is 0 Å². The summed E-state index contributed by atoms with van der Waals surface area (Å²) >= 11 is 0. The number of likely N-dealkylation sites (N-methyl/N-ethyl adjacent to an activating group) is 1. The number of aryl methyl sites for hydroxylation is 1. The number of hydrogen-bond donors (Lipinski definition) is 0. The lowest BCUT2D eigenvalue weighted by atomic mass is 10.3. The van der Waals surface area contributed by atoms with Gasteiger partial charge in [0.1, 0.15) is 5.82 Å². The van der Waals surface area contributed by atoms with Crippen molar-refractivity contribution in [1.29, 1.82) is 0 Å². The smallest absolute Gasteiger partial charge is 0.128 e. The molecule has 71 valence electrons. The van der Waals surface area contributed by atoms with Gasteiger partial charge in [-0.3, -0.25) is 0 Å². The molecule has 1 aromatic rings. The lowest BCUT2D eigenvalue weighted by Gasteiger charge is -2.17. The fraction of sp³-hybridized carbons (Fsp3) is 0.500. The van der Waals surface area contributed by atoms with Crippen molar-refractivity contribution >= 4 is 5.82 Å². The van der Waals surface area contributed by atoms with Gasteiger partial charge in [-0.25, -0.2) is 4.98 Å². The SMILES string of the molecule is COCCN(C)c1cc[c]c(C)n1. The van der Waals surface area contributed by atoms with Crippen LogP contribution in [0.2, 0.25) is 0 Å². The predicted molar refractivity (Wildman–Crippen MR) is 53.0 cm³/mol. The maximum atomic E-state index is 4.99. The van der Waals surface area contributed by atoms with E-state index in [1.807, 2.05) is 26.1 Å². The third kappa shape index (κ3) is 3.03. The monoisotopic (exact) mass is 179 g/mol. The van der Waals surface area contributed by atoms with E-state index in [1.165, 1.54) is 0 Å². The minimum absolute atomic E-state index is 0.718. The summed E-state index contributed by atoms with van der Waals surface area (Å²) in [5.74, 6) is 0.966. The van der Waals surface area contributed by atoms with Crippen LogP contribution in [0.15, 0.2) is 12.1 Å². The van der Waals surface area contributed by atoms with Crippen LogP contribution in [0.25, 0.3) is 0 Å². The van der Waals surface area contributed by atoms with E-state index >= 15 is 0 Å². The number of pyridine rings is 1. The Morgan fingerprint density at radius 2 is 2.38 bits per heavy atom. The quantitative estimate of drug-likeness (QED) is 0.696. The van der Waals surface area contributed by atoms with Gasteiger partial charge in [-0.15, -0.1) is 0 Å². The average Bonchev–Trinajstić information content (AvgIpc) is 2.14. The van der Waals surface area contributed by atoms with Crippen molar-refractivity contribution < 1.29 is 4.74 Å². The van der Waals surface area contributed by atoms with E-state index in [-0.39, 0.29) is 0 Å². The number of ether oxygens (including phenoxy) is 1. The lowest BCUT2D eigenvalue weighted by Crippen LogP contribution is -2.23. The summed E-state index contributed by atoms with van der Waals surface area (Å²) < 4.78 is 4.99. The largest absolute Gasteiger partial charge is 0.383 e. The van der Waals surface area contributed by atoms with Crippen LogP contribution < -0.4 is 4.90 Å². The van der Waals surface area contributed by atoms with E-state index in [2.05, 4.69) is 16.0 Å². The van der Waals surface area contributed by atoms with E-state index < -0.39 is 0 Å². The first-order valence-corrected chi connectivity index (χ1v) is 4.29. The molecular formula is C10H15N2O. The zero-order valence-electron chi connectivity index (χ0n) is 8.37. The summed E-state index contributed by atoms with van der Waals surface area (Å²) in [6.45, 7) is 3.51. The highest BCUT2D eigenvalue weighted by Crippen LogP contribution is 2.07.